The predicted molar refractivity (Wildman–Crippen MR) is 182 cm³/mol. The molecule has 7 fully saturated rings. The highest BCUT2D eigenvalue weighted by molar-refractivity contribution is 5.94. The highest BCUT2D eigenvalue weighted by Gasteiger charge is 2.78. The monoisotopic (exact) mass is 759 g/mol. The summed E-state index contributed by atoms with van der Waals surface area (Å²) in [6.45, 7) is -0.636. The molecule has 11 unspecified atom stereocenters. The number of amides is 2. The number of nitrogens with zero attached hydrogens (tertiary/aromatic N) is 1. The van der Waals surface area contributed by atoms with E-state index in [4.69, 9.17) is 33.6 Å². The summed E-state index contributed by atoms with van der Waals surface area (Å²) in [5, 5.41) is 56.0. The molecule has 296 valence electrons. The number of nitrogens with one attached hydrogen (secondary N) is 2. The Kier molecular flexibility index (Phi) is 10.6. The second-order valence-corrected chi connectivity index (χ2v) is 15.4. The number of carbonyl (C=O) groups is 3. The average molecular weight is 760 g/mol. The molecule has 0 radical (unpaired) electrons. The summed E-state index contributed by atoms with van der Waals surface area (Å²) < 4.78 is 30.8. The lowest BCUT2D eigenvalue weighted by molar-refractivity contribution is -0.298. The summed E-state index contributed by atoms with van der Waals surface area (Å²) in [7, 11) is 0. The number of aliphatic hydroxyl groups excluding tert-OH is 5. The smallest absolute Gasteiger partial charge is 0.327 e. The molecule has 54 heavy (non-hydrogen) atoms. The molecule has 2 amide bonds. The molecule has 1 aromatic rings. The lowest BCUT2D eigenvalue weighted by Gasteiger charge is -2.48. The van der Waals surface area contributed by atoms with E-state index in [0.29, 0.717) is 0 Å². The van der Waals surface area contributed by atoms with Gasteiger partial charge in [0.2, 0.25) is 11.8 Å². The van der Waals surface area contributed by atoms with Gasteiger partial charge in [0.05, 0.1) is 26.4 Å². The van der Waals surface area contributed by atoms with Crippen LogP contribution in [0.4, 0.5) is 0 Å². The molecule has 2 bridgehead atoms. The van der Waals surface area contributed by atoms with E-state index in [1.807, 2.05) is 24.3 Å². The van der Waals surface area contributed by atoms with Gasteiger partial charge < -0.3 is 59.9 Å². The SMILES string of the molecule is O=C(CCNC(=O)C12CC3OC(=O)C1N(Cc1ccccc1C=CCOC1OC(CO)C(O)C(O)C1O)OC2C1OC(C2CC2)(C2CC2)OC31)NCCO. The van der Waals surface area contributed by atoms with E-state index in [0.717, 1.165) is 36.8 Å². The van der Waals surface area contributed by atoms with Crippen molar-refractivity contribution in [2.75, 3.05) is 32.9 Å². The molecule has 17 heteroatoms. The molecule has 4 saturated heterocycles. The lowest BCUT2D eigenvalue weighted by atomic mass is 9.62. The fourth-order valence-corrected chi connectivity index (χ4v) is 8.94. The second-order valence-electron chi connectivity index (χ2n) is 15.4. The van der Waals surface area contributed by atoms with Crippen molar-refractivity contribution in [3.8, 4) is 0 Å². The van der Waals surface area contributed by atoms with Crippen LogP contribution < -0.4 is 10.6 Å². The topological polar surface area (TPSA) is 235 Å². The van der Waals surface area contributed by atoms with Gasteiger partial charge in [0.25, 0.3) is 0 Å². The number of ether oxygens (including phenoxy) is 5. The number of benzene rings is 1. The minimum atomic E-state index is -1.56. The van der Waals surface area contributed by atoms with Crippen LogP contribution in [0.5, 0.6) is 0 Å². The van der Waals surface area contributed by atoms with Gasteiger partial charge in [0.1, 0.15) is 54.2 Å². The maximum Gasteiger partial charge on any atom is 0.327 e. The Balaban J connectivity index is 1.02. The molecule has 17 nitrogen and oxygen atoms in total. The first-order valence-corrected chi connectivity index (χ1v) is 18.9. The zero-order valence-electron chi connectivity index (χ0n) is 29.7. The highest BCUT2D eigenvalue weighted by Crippen LogP contribution is 2.63. The Morgan fingerprint density at radius 2 is 1.70 bits per heavy atom. The predicted octanol–water partition coefficient (Wildman–Crippen LogP) is -1.77. The molecule has 8 rings (SSSR count). The zero-order chi connectivity index (χ0) is 37.8. The quantitative estimate of drug-likeness (QED) is 0.0981. The molecular weight excluding hydrogens is 710 g/mol. The third-order valence-corrected chi connectivity index (χ3v) is 11.9. The molecule has 7 N–H and O–H groups in total. The summed E-state index contributed by atoms with van der Waals surface area (Å²) >= 11 is 0. The first-order chi connectivity index (χ1) is 26.1. The van der Waals surface area contributed by atoms with Gasteiger partial charge in [-0.2, -0.15) is 5.06 Å². The molecule has 7 aliphatic rings. The number of hydrogen-bond donors (Lipinski definition) is 7. The van der Waals surface area contributed by atoms with E-state index < -0.39 is 90.8 Å². The van der Waals surface area contributed by atoms with Crippen LogP contribution in [-0.4, -0.2) is 148 Å². The molecule has 4 aliphatic heterocycles. The van der Waals surface area contributed by atoms with Gasteiger partial charge in [0, 0.05) is 37.8 Å². The van der Waals surface area contributed by atoms with Crippen LogP contribution in [0.1, 0.15) is 49.7 Å². The average Bonchev–Trinajstić information content (AvgIpc) is 4.12. The van der Waals surface area contributed by atoms with Crippen molar-refractivity contribution >= 4 is 23.9 Å². The number of esters is 1. The number of aliphatic hydroxyl groups is 5. The first-order valence-electron chi connectivity index (χ1n) is 18.9. The molecular formula is C37H49N3O14. The Hall–Kier alpha value is -3.07. The van der Waals surface area contributed by atoms with Crippen LogP contribution in [0, 0.1) is 17.3 Å². The molecule has 3 saturated carbocycles. The van der Waals surface area contributed by atoms with E-state index in [9.17, 15) is 34.8 Å². The van der Waals surface area contributed by atoms with Crippen molar-refractivity contribution in [2.45, 2.75) is 112 Å². The maximum atomic E-state index is 14.5. The van der Waals surface area contributed by atoms with Crippen molar-refractivity contribution in [1.29, 1.82) is 0 Å². The van der Waals surface area contributed by atoms with Crippen LogP contribution in [0.2, 0.25) is 0 Å². The minimum Gasteiger partial charge on any atom is -0.458 e. The highest BCUT2D eigenvalue weighted by atomic mass is 16.8. The van der Waals surface area contributed by atoms with Gasteiger partial charge in [-0.1, -0.05) is 36.4 Å². The molecule has 11 atom stereocenters. The Morgan fingerprint density at radius 3 is 2.43 bits per heavy atom. The van der Waals surface area contributed by atoms with Crippen molar-refractivity contribution in [1.82, 2.24) is 15.7 Å². The summed E-state index contributed by atoms with van der Waals surface area (Å²) in [4.78, 5) is 47.5. The number of carbonyl (C=O) groups excluding carboxylic acids is 3. The summed E-state index contributed by atoms with van der Waals surface area (Å²) in [6.07, 6.45) is -2.40. The van der Waals surface area contributed by atoms with Gasteiger partial charge >= 0.3 is 5.97 Å². The number of fused-ring (bicyclic) bond motifs is 4. The normalized spacial score (nSPS) is 38.3. The van der Waals surface area contributed by atoms with E-state index in [-0.39, 0.29) is 63.4 Å². The van der Waals surface area contributed by atoms with E-state index in [1.54, 1.807) is 12.2 Å². The summed E-state index contributed by atoms with van der Waals surface area (Å²) in [6, 6.07) is 6.26. The Labute approximate surface area is 311 Å². The summed E-state index contributed by atoms with van der Waals surface area (Å²) in [5.41, 5.74) is 0.0820. The Bertz CT molecular complexity index is 1590. The Morgan fingerprint density at radius 1 is 0.963 bits per heavy atom. The first kappa shape index (κ1) is 37.8. The van der Waals surface area contributed by atoms with Crippen molar-refractivity contribution < 1.29 is 68.4 Å². The molecule has 0 spiro atoms. The van der Waals surface area contributed by atoms with Crippen molar-refractivity contribution in [3.05, 3.63) is 41.5 Å². The minimum absolute atomic E-state index is 0.00929. The van der Waals surface area contributed by atoms with Crippen LogP contribution in [0.15, 0.2) is 30.3 Å². The number of hydroxylamine groups is 2. The molecule has 1 aromatic carbocycles. The van der Waals surface area contributed by atoms with Crippen LogP contribution in [0.3, 0.4) is 0 Å². The van der Waals surface area contributed by atoms with E-state index in [2.05, 4.69) is 10.6 Å². The van der Waals surface area contributed by atoms with Gasteiger partial charge in [-0.3, -0.25) is 19.2 Å². The van der Waals surface area contributed by atoms with Crippen molar-refractivity contribution in [2.24, 2.45) is 17.3 Å². The van der Waals surface area contributed by atoms with Crippen molar-refractivity contribution in [3.63, 3.8) is 0 Å². The largest absolute Gasteiger partial charge is 0.458 e. The van der Waals surface area contributed by atoms with E-state index in [1.165, 1.54) is 5.06 Å². The van der Waals surface area contributed by atoms with Gasteiger partial charge in [0.15, 0.2) is 18.1 Å². The third-order valence-electron chi connectivity index (χ3n) is 11.9. The molecule has 3 aliphatic carbocycles. The molecule has 0 aromatic heterocycles. The summed E-state index contributed by atoms with van der Waals surface area (Å²) in [5.74, 6) is -1.73. The maximum absolute atomic E-state index is 14.5. The fourth-order valence-electron chi connectivity index (χ4n) is 8.94. The van der Waals surface area contributed by atoms with Gasteiger partial charge in [-0.15, -0.1) is 0 Å². The number of hydrogen-bond acceptors (Lipinski definition) is 15. The fraction of sp³-hybridized carbons (Fsp3) is 0.703. The van der Waals surface area contributed by atoms with Crippen LogP contribution in [-0.2, 0) is 49.5 Å². The van der Waals surface area contributed by atoms with Gasteiger partial charge in [-0.05, 0) is 36.8 Å². The van der Waals surface area contributed by atoms with Crippen LogP contribution >= 0.6 is 0 Å². The van der Waals surface area contributed by atoms with Gasteiger partial charge in [-0.25, -0.2) is 0 Å². The third kappa shape index (κ3) is 6.66. The number of rotatable bonds is 15. The zero-order valence-corrected chi connectivity index (χ0v) is 29.7. The second kappa shape index (κ2) is 15.1. The van der Waals surface area contributed by atoms with E-state index >= 15 is 0 Å². The van der Waals surface area contributed by atoms with Crippen LogP contribution in [0.25, 0.3) is 6.08 Å². The lowest BCUT2D eigenvalue weighted by Crippen LogP contribution is -2.69. The molecule has 4 heterocycles. The standard InChI is InChI=1S/C37H49N3O14/c41-14-13-38-25(43)11-12-39-35(48)36-16-23-29-30(53-37(52-29,21-7-8-21)22-9-10-22)32(36)54-40(31(36)33(47)50-23)17-20-5-2-1-4-19(20)6-3-15-49-34-28(46)27(45)26(44)24(18-42)51-34/h1-6,21-24,26-32,34,41-42,44-46H,7-18H2,(H,38,43)(H,39,48).